The van der Waals surface area contributed by atoms with Gasteiger partial charge in [0, 0.05) is 18.9 Å². The highest BCUT2D eigenvalue weighted by molar-refractivity contribution is 7.88. The van der Waals surface area contributed by atoms with E-state index >= 15 is 0 Å². The maximum Gasteiger partial charge on any atom is 0.239 e. The highest BCUT2D eigenvalue weighted by atomic mass is 35.5. The third-order valence-electron chi connectivity index (χ3n) is 3.12. The van der Waals surface area contributed by atoms with Crippen molar-refractivity contribution < 1.29 is 13.2 Å². The van der Waals surface area contributed by atoms with Crippen LogP contribution in [0.1, 0.15) is 5.56 Å². The van der Waals surface area contributed by atoms with Crippen molar-refractivity contribution in [2.24, 2.45) is 0 Å². The van der Waals surface area contributed by atoms with Gasteiger partial charge in [0.2, 0.25) is 15.9 Å². The second-order valence-electron chi connectivity index (χ2n) is 5.03. The number of pyridine rings is 1. The molecule has 1 N–H and O–H groups in total. The molecule has 9 heteroatoms. The molecule has 1 aromatic heterocycles. The van der Waals surface area contributed by atoms with Crippen molar-refractivity contribution in [3.05, 3.63) is 58.3 Å². The summed E-state index contributed by atoms with van der Waals surface area (Å²) in [5, 5.41) is 3.09. The van der Waals surface area contributed by atoms with E-state index in [1.165, 1.54) is 0 Å². The highest BCUT2D eigenvalue weighted by Crippen LogP contribution is 2.29. The molecule has 0 saturated carbocycles. The van der Waals surface area contributed by atoms with Crippen LogP contribution in [0.2, 0.25) is 10.0 Å². The van der Waals surface area contributed by atoms with Gasteiger partial charge in [0.15, 0.2) is 0 Å². The van der Waals surface area contributed by atoms with Crippen LogP contribution in [0, 0.1) is 0 Å². The number of aromatic nitrogens is 1. The number of carbonyl (C=O) groups excluding carboxylic acids is 1. The second kappa shape index (κ2) is 7.94. The molecule has 1 heterocycles. The summed E-state index contributed by atoms with van der Waals surface area (Å²) >= 11 is 12.0. The van der Waals surface area contributed by atoms with Gasteiger partial charge in [-0.05, 0) is 29.8 Å². The molecule has 0 saturated heterocycles. The van der Waals surface area contributed by atoms with E-state index in [-0.39, 0.29) is 28.8 Å². The molecular formula is C15H15Cl2N3O3S. The Hall–Kier alpha value is -1.67. The van der Waals surface area contributed by atoms with E-state index in [0.29, 0.717) is 0 Å². The SMILES string of the molecule is CS(=O)(=O)N(CC(=O)Nc1c(Cl)cccc1Cl)Cc1ccncc1. The number of sulfonamides is 1. The van der Waals surface area contributed by atoms with E-state index in [1.54, 1.807) is 42.7 Å². The summed E-state index contributed by atoms with van der Waals surface area (Å²) in [7, 11) is -3.58. The first-order valence-corrected chi connectivity index (χ1v) is 9.45. The summed E-state index contributed by atoms with van der Waals surface area (Å²) in [6.07, 6.45) is 4.16. The zero-order chi connectivity index (χ0) is 17.7. The number of hydrogen-bond acceptors (Lipinski definition) is 4. The lowest BCUT2D eigenvalue weighted by atomic mass is 10.2. The van der Waals surface area contributed by atoms with Crippen molar-refractivity contribution in [3.63, 3.8) is 0 Å². The molecule has 2 aromatic rings. The Morgan fingerprint density at radius 1 is 1.17 bits per heavy atom. The van der Waals surface area contributed by atoms with E-state index in [2.05, 4.69) is 10.3 Å². The average molecular weight is 388 g/mol. The van der Waals surface area contributed by atoms with Gasteiger partial charge in [0.1, 0.15) is 0 Å². The molecule has 0 aliphatic heterocycles. The van der Waals surface area contributed by atoms with Crippen LogP contribution in [0.5, 0.6) is 0 Å². The molecule has 0 radical (unpaired) electrons. The Labute approximate surface area is 150 Å². The first kappa shape index (κ1) is 18.7. The van der Waals surface area contributed by atoms with Gasteiger partial charge in [-0.15, -0.1) is 0 Å². The zero-order valence-corrected chi connectivity index (χ0v) is 15.1. The zero-order valence-electron chi connectivity index (χ0n) is 12.7. The van der Waals surface area contributed by atoms with Crippen molar-refractivity contribution in [2.75, 3.05) is 18.1 Å². The lowest BCUT2D eigenvalue weighted by molar-refractivity contribution is -0.116. The Bertz CT molecular complexity index is 809. The van der Waals surface area contributed by atoms with Gasteiger partial charge in [-0.2, -0.15) is 4.31 Å². The molecule has 0 unspecified atom stereocenters. The standard InChI is InChI=1S/C15H15Cl2N3O3S/c1-24(22,23)20(9-11-5-7-18-8-6-11)10-14(21)19-15-12(16)3-2-4-13(15)17/h2-8H,9-10H2,1H3,(H,19,21). The van der Waals surface area contributed by atoms with Crippen molar-refractivity contribution in [3.8, 4) is 0 Å². The van der Waals surface area contributed by atoms with Crippen LogP contribution in [0.25, 0.3) is 0 Å². The van der Waals surface area contributed by atoms with Crippen LogP contribution in [-0.2, 0) is 21.4 Å². The summed E-state index contributed by atoms with van der Waals surface area (Å²) in [5.74, 6) is -0.538. The van der Waals surface area contributed by atoms with Crippen LogP contribution in [0.3, 0.4) is 0 Å². The molecule has 0 bridgehead atoms. The van der Waals surface area contributed by atoms with Crippen LogP contribution in [0.15, 0.2) is 42.7 Å². The van der Waals surface area contributed by atoms with Crippen molar-refractivity contribution >= 4 is 44.8 Å². The minimum absolute atomic E-state index is 0.0605. The summed E-state index contributed by atoms with van der Waals surface area (Å²) < 4.78 is 24.9. The van der Waals surface area contributed by atoms with Crippen LogP contribution < -0.4 is 5.32 Å². The number of nitrogens with one attached hydrogen (secondary N) is 1. The van der Waals surface area contributed by atoms with E-state index in [1.807, 2.05) is 0 Å². The van der Waals surface area contributed by atoms with Crippen molar-refractivity contribution in [2.45, 2.75) is 6.54 Å². The largest absolute Gasteiger partial charge is 0.322 e. The number of nitrogens with zero attached hydrogens (tertiary/aromatic N) is 2. The van der Waals surface area contributed by atoms with Crippen LogP contribution in [-0.4, -0.2) is 36.4 Å². The van der Waals surface area contributed by atoms with Gasteiger partial charge in [-0.1, -0.05) is 29.3 Å². The Kier molecular flexibility index (Phi) is 6.17. The Morgan fingerprint density at radius 2 is 1.75 bits per heavy atom. The summed E-state index contributed by atoms with van der Waals surface area (Å²) in [4.78, 5) is 16.1. The molecule has 128 valence electrons. The molecular weight excluding hydrogens is 373 g/mol. The van der Waals surface area contributed by atoms with Gasteiger partial charge in [-0.3, -0.25) is 9.78 Å². The van der Waals surface area contributed by atoms with Gasteiger partial charge >= 0.3 is 0 Å². The number of amides is 1. The molecule has 0 fully saturated rings. The van der Waals surface area contributed by atoms with Crippen LogP contribution >= 0.6 is 23.2 Å². The number of anilines is 1. The first-order chi connectivity index (χ1) is 11.3. The fourth-order valence-corrected chi connectivity index (χ4v) is 3.17. The maximum absolute atomic E-state index is 12.2. The highest BCUT2D eigenvalue weighted by Gasteiger charge is 2.21. The fourth-order valence-electron chi connectivity index (χ4n) is 1.94. The molecule has 0 atom stereocenters. The smallest absolute Gasteiger partial charge is 0.239 e. The molecule has 1 amide bonds. The van der Waals surface area contributed by atoms with Crippen molar-refractivity contribution in [1.82, 2.24) is 9.29 Å². The number of benzene rings is 1. The number of halogens is 2. The quantitative estimate of drug-likeness (QED) is 0.826. The van der Waals surface area contributed by atoms with E-state index in [0.717, 1.165) is 16.1 Å². The molecule has 24 heavy (non-hydrogen) atoms. The summed E-state index contributed by atoms with van der Waals surface area (Å²) in [6, 6.07) is 8.16. The molecule has 0 spiro atoms. The predicted octanol–water partition coefficient (Wildman–Crippen LogP) is 2.79. The monoisotopic (exact) mass is 387 g/mol. The molecule has 6 nitrogen and oxygen atoms in total. The maximum atomic E-state index is 12.2. The summed E-state index contributed by atoms with van der Waals surface area (Å²) in [5.41, 5.74) is 0.974. The Morgan fingerprint density at radius 3 is 2.29 bits per heavy atom. The molecule has 2 rings (SSSR count). The van der Waals surface area contributed by atoms with E-state index < -0.39 is 15.9 Å². The third-order valence-corrected chi connectivity index (χ3v) is 4.95. The Balaban J connectivity index is 2.13. The minimum Gasteiger partial charge on any atom is -0.322 e. The van der Waals surface area contributed by atoms with Gasteiger partial charge in [0.25, 0.3) is 0 Å². The fraction of sp³-hybridized carbons (Fsp3) is 0.200. The van der Waals surface area contributed by atoms with Gasteiger partial charge < -0.3 is 5.32 Å². The third kappa shape index (κ3) is 5.17. The van der Waals surface area contributed by atoms with E-state index in [9.17, 15) is 13.2 Å². The van der Waals surface area contributed by atoms with E-state index in [4.69, 9.17) is 23.2 Å². The normalized spacial score (nSPS) is 11.5. The number of rotatable bonds is 6. The van der Waals surface area contributed by atoms with Crippen LogP contribution in [0.4, 0.5) is 5.69 Å². The second-order valence-corrected chi connectivity index (χ2v) is 7.83. The minimum atomic E-state index is -3.58. The van der Waals surface area contributed by atoms with Gasteiger partial charge in [-0.25, -0.2) is 8.42 Å². The number of hydrogen-bond donors (Lipinski definition) is 1. The lowest BCUT2D eigenvalue weighted by Gasteiger charge is -2.20. The topological polar surface area (TPSA) is 79.4 Å². The average Bonchev–Trinajstić information content (AvgIpc) is 2.50. The van der Waals surface area contributed by atoms with Crippen molar-refractivity contribution in [1.29, 1.82) is 0 Å². The molecule has 0 aliphatic rings. The van der Waals surface area contributed by atoms with Gasteiger partial charge in [0.05, 0.1) is 28.5 Å². The molecule has 1 aromatic carbocycles. The number of para-hydroxylation sites is 1. The predicted molar refractivity (Wildman–Crippen MR) is 94.6 cm³/mol. The number of carbonyl (C=O) groups is 1. The summed E-state index contributed by atoms with van der Waals surface area (Å²) in [6.45, 7) is -0.298. The lowest BCUT2D eigenvalue weighted by Crippen LogP contribution is -2.37. The molecule has 0 aliphatic carbocycles. The first-order valence-electron chi connectivity index (χ1n) is 6.85.